The molecule has 2 amide bonds. The zero-order chi connectivity index (χ0) is 24.6. The average molecular weight is 492 g/mol. The van der Waals surface area contributed by atoms with Crippen LogP contribution in [0.1, 0.15) is 37.0 Å². The van der Waals surface area contributed by atoms with Crippen LogP contribution in [0.2, 0.25) is 0 Å². The lowest BCUT2D eigenvalue weighted by Crippen LogP contribution is -2.47. The molecule has 2 aromatic carbocycles. The Morgan fingerprint density at radius 2 is 1.85 bits per heavy atom. The van der Waals surface area contributed by atoms with E-state index >= 15 is 0 Å². The van der Waals surface area contributed by atoms with E-state index in [2.05, 4.69) is 15.6 Å². The summed E-state index contributed by atoms with van der Waals surface area (Å²) in [4.78, 5) is 24.7. The first-order chi connectivity index (χ1) is 16.3. The first kappa shape index (κ1) is 25.5. The molecule has 11 heteroatoms. The highest BCUT2D eigenvalue weighted by Gasteiger charge is 2.21. The molecule has 3 rings (SSSR count). The van der Waals surface area contributed by atoms with Gasteiger partial charge in [-0.15, -0.1) is 0 Å². The second kappa shape index (κ2) is 11.8. The molecule has 10 nitrogen and oxygen atoms in total. The molecule has 1 saturated heterocycles. The molecular formula is C23H29N3O7S. The maximum absolute atomic E-state index is 12.6. The predicted molar refractivity (Wildman–Crippen MR) is 124 cm³/mol. The minimum Gasteiger partial charge on any atom is -0.494 e. The van der Waals surface area contributed by atoms with Gasteiger partial charge in [0.05, 0.1) is 17.6 Å². The summed E-state index contributed by atoms with van der Waals surface area (Å²) in [5, 5.41) is 0. The zero-order valence-corrected chi connectivity index (χ0v) is 19.9. The smallest absolute Gasteiger partial charge is 0.279 e. The van der Waals surface area contributed by atoms with Crippen LogP contribution in [0, 0.1) is 0 Å². The third kappa shape index (κ3) is 7.17. The number of nitrogens with one attached hydrogen (secondary N) is 3. The van der Waals surface area contributed by atoms with Crippen LogP contribution in [0.3, 0.4) is 0 Å². The van der Waals surface area contributed by atoms with Crippen molar-refractivity contribution < 1.29 is 32.2 Å². The molecule has 0 bridgehead atoms. The molecule has 2 atom stereocenters. The number of sulfonamides is 1. The highest BCUT2D eigenvalue weighted by atomic mass is 32.2. The molecule has 1 aliphatic rings. The largest absolute Gasteiger partial charge is 0.494 e. The quantitative estimate of drug-likeness (QED) is 0.432. The van der Waals surface area contributed by atoms with Crippen molar-refractivity contribution in [1.29, 1.82) is 0 Å². The fraction of sp³-hybridized carbons (Fsp3) is 0.391. The molecule has 2 aromatic rings. The van der Waals surface area contributed by atoms with Crippen molar-refractivity contribution in [1.82, 2.24) is 15.6 Å². The lowest BCUT2D eigenvalue weighted by atomic mass is 10.2. The summed E-state index contributed by atoms with van der Waals surface area (Å²) in [6.07, 6.45) is 0.651. The Hall–Kier alpha value is -3.15. The minimum absolute atomic E-state index is 0.0586. The van der Waals surface area contributed by atoms with Crippen LogP contribution >= 0.6 is 0 Å². The molecule has 0 saturated carbocycles. The Kier molecular flexibility index (Phi) is 8.85. The van der Waals surface area contributed by atoms with Crippen LogP contribution in [0.25, 0.3) is 0 Å². The summed E-state index contributed by atoms with van der Waals surface area (Å²) in [5.41, 5.74) is 4.63. The molecule has 0 spiro atoms. The summed E-state index contributed by atoms with van der Waals surface area (Å²) in [6, 6.07) is 12.3. The van der Waals surface area contributed by atoms with E-state index in [9.17, 15) is 18.0 Å². The number of ether oxygens (including phenoxy) is 3. The second-order valence-corrected chi connectivity index (χ2v) is 9.39. The first-order valence-electron chi connectivity index (χ1n) is 11.0. The topological polar surface area (TPSA) is 132 Å². The van der Waals surface area contributed by atoms with Gasteiger partial charge < -0.3 is 14.2 Å². The molecule has 184 valence electrons. The van der Waals surface area contributed by atoms with E-state index in [1.54, 1.807) is 24.3 Å². The summed E-state index contributed by atoms with van der Waals surface area (Å²) in [5.74, 6) is -0.0987. The lowest BCUT2D eigenvalue weighted by molar-refractivity contribution is -0.128. The van der Waals surface area contributed by atoms with Crippen molar-refractivity contribution >= 4 is 21.8 Å². The fourth-order valence-corrected chi connectivity index (χ4v) is 4.34. The van der Waals surface area contributed by atoms with Crippen molar-refractivity contribution in [3.63, 3.8) is 0 Å². The van der Waals surface area contributed by atoms with Gasteiger partial charge in [0.1, 0.15) is 11.5 Å². The zero-order valence-electron chi connectivity index (χ0n) is 19.1. The number of rotatable bonds is 10. The van der Waals surface area contributed by atoms with Gasteiger partial charge in [0.2, 0.25) is 10.0 Å². The molecule has 1 fully saturated rings. The lowest BCUT2D eigenvalue weighted by Gasteiger charge is -2.16. The molecule has 0 aromatic heterocycles. The summed E-state index contributed by atoms with van der Waals surface area (Å²) < 4.78 is 44.0. The number of carbonyl (C=O) groups excluding carboxylic acids is 2. The summed E-state index contributed by atoms with van der Waals surface area (Å²) in [7, 11) is -3.82. The van der Waals surface area contributed by atoms with E-state index in [1.807, 2.05) is 6.92 Å². The number of hydrogen-bond donors (Lipinski definition) is 3. The van der Waals surface area contributed by atoms with Crippen LogP contribution < -0.4 is 25.0 Å². The molecule has 1 aliphatic heterocycles. The second-order valence-electron chi connectivity index (χ2n) is 7.62. The Morgan fingerprint density at radius 3 is 2.53 bits per heavy atom. The van der Waals surface area contributed by atoms with E-state index in [0.29, 0.717) is 24.7 Å². The monoisotopic (exact) mass is 491 g/mol. The van der Waals surface area contributed by atoms with Gasteiger partial charge in [0, 0.05) is 18.7 Å². The van der Waals surface area contributed by atoms with Crippen LogP contribution in [-0.2, 0) is 19.6 Å². The van der Waals surface area contributed by atoms with E-state index in [1.165, 1.54) is 31.2 Å². The Bertz CT molecular complexity index is 1080. The van der Waals surface area contributed by atoms with Crippen LogP contribution in [0.5, 0.6) is 11.5 Å². The van der Waals surface area contributed by atoms with E-state index < -0.39 is 27.9 Å². The van der Waals surface area contributed by atoms with Gasteiger partial charge in [-0.3, -0.25) is 20.4 Å². The molecule has 0 radical (unpaired) electrons. The number of hydrogen-bond acceptors (Lipinski definition) is 7. The van der Waals surface area contributed by atoms with Crippen molar-refractivity contribution in [2.45, 2.75) is 43.8 Å². The Balaban J connectivity index is 1.52. The maximum Gasteiger partial charge on any atom is 0.279 e. The number of amides is 2. The molecule has 1 heterocycles. The fourth-order valence-electron chi connectivity index (χ4n) is 3.23. The van der Waals surface area contributed by atoms with Crippen molar-refractivity contribution in [2.75, 3.05) is 19.8 Å². The summed E-state index contributed by atoms with van der Waals surface area (Å²) >= 11 is 0. The molecular weight excluding hydrogens is 462 g/mol. The highest BCUT2D eigenvalue weighted by molar-refractivity contribution is 7.89. The van der Waals surface area contributed by atoms with E-state index in [-0.39, 0.29) is 23.1 Å². The molecule has 34 heavy (non-hydrogen) atoms. The van der Waals surface area contributed by atoms with Gasteiger partial charge >= 0.3 is 0 Å². The standard InChI is InChI=1S/C23H29N3O7S/c1-3-31-18-9-11-19(12-10-18)33-16(2)22(27)25-26-23(28)17-6-4-8-21(14-17)34(29,30)24-15-20-7-5-13-32-20/h4,6,8-12,14,16,20,24H,3,5,7,13,15H2,1-2H3,(H,25,27)(H,26,28). The average Bonchev–Trinajstić information content (AvgIpc) is 3.36. The van der Waals surface area contributed by atoms with Gasteiger partial charge in [-0.25, -0.2) is 13.1 Å². The maximum atomic E-state index is 12.6. The van der Waals surface area contributed by atoms with Crippen molar-refractivity contribution in [3.05, 3.63) is 54.1 Å². The van der Waals surface area contributed by atoms with Gasteiger partial charge in [-0.2, -0.15) is 0 Å². The van der Waals surface area contributed by atoms with Gasteiger partial charge in [0.25, 0.3) is 11.8 Å². The highest BCUT2D eigenvalue weighted by Crippen LogP contribution is 2.19. The van der Waals surface area contributed by atoms with Crippen molar-refractivity contribution in [3.8, 4) is 11.5 Å². The number of carbonyl (C=O) groups is 2. The van der Waals surface area contributed by atoms with Gasteiger partial charge in [-0.1, -0.05) is 6.07 Å². The SMILES string of the molecule is CCOc1ccc(OC(C)C(=O)NNC(=O)c2cccc(S(=O)(=O)NCC3CCCO3)c2)cc1. The van der Waals surface area contributed by atoms with Crippen LogP contribution in [0.4, 0.5) is 0 Å². The van der Waals surface area contributed by atoms with E-state index in [0.717, 1.165) is 12.8 Å². The van der Waals surface area contributed by atoms with Crippen LogP contribution in [0.15, 0.2) is 53.4 Å². The number of hydrazine groups is 1. The molecule has 3 N–H and O–H groups in total. The van der Waals surface area contributed by atoms with Crippen LogP contribution in [-0.4, -0.2) is 52.2 Å². The van der Waals surface area contributed by atoms with Gasteiger partial charge in [-0.05, 0) is 69.2 Å². The first-order valence-corrected chi connectivity index (χ1v) is 12.5. The van der Waals surface area contributed by atoms with Gasteiger partial charge in [0.15, 0.2) is 6.10 Å². The Morgan fingerprint density at radius 1 is 1.12 bits per heavy atom. The third-order valence-corrected chi connectivity index (χ3v) is 6.47. The normalized spacial score (nSPS) is 16.5. The summed E-state index contributed by atoms with van der Waals surface area (Å²) in [6.45, 7) is 4.74. The van der Waals surface area contributed by atoms with E-state index in [4.69, 9.17) is 14.2 Å². The predicted octanol–water partition coefficient (Wildman–Crippen LogP) is 1.77. The minimum atomic E-state index is -3.82. The number of benzene rings is 2. The molecule has 2 unspecified atom stereocenters. The molecule has 0 aliphatic carbocycles. The third-order valence-electron chi connectivity index (χ3n) is 5.05. The Labute approximate surface area is 199 Å². The van der Waals surface area contributed by atoms with Crippen molar-refractivity contribution in [2.24, 2.45) is 0 Å².